The Labute approximate surface area is 109 Å². The Balaban J connectivity index is 1.93. The second-order valence-corrected chi connectivity index (χ2v) is 5.94. The predicted octanol–water partition coefficient (Wildman–Crippen LogP) is 3.96. The molecule has 1 saturated carbocycles. The average molecular weight is 246 g/mol. The second-order valence-electron chi connectivity index (χ2n) is 5.94. The fourth-order valence-electron chi connectivity index (χ4n) is 3.37. The normalized spacial score (nSPS) is 34.3. The molecule has 0 aromatic carbocycles. The van der Waals surface area contributed by atoms with Crippen LogP contribution in [-0.2, 0) is 4.79 Å². The van der Waals surface area contributed by atoms with Gasteiger partial charge in [-0.15, -0.1) is 0 Å². The first-order valence-electron chi connectivity index (χ1n) is 6.68. The van der Waals surface area contributed by atoms with E-state index < -0.39 is 5.97 Å². The van der Waals surface area contributed by atoms with Crippen molar-refractivity contribution in [1.82, 2.24) is 0 Å². The minimum Gasteiger partial charge on any atom is -0.481 e. The monoisotopic (exact) mass is 246 g/mol. The molecule has 2 bridgehead atoms. The molecule has 0 amide bonds. The maximum atomic E-state index is 10.6. The molecule has 1 fully saturated rings. The molecule has 0 spiro atoms. The molecule has 0 aliphatic heterocycles. The van der Waals surface area contributed by atoms with Crippen LogP contribution in [0, 0.1) is 17.3 Å². The van der Waals surface area contributed by atoms with E-state index in [2.05, 4.69) is 31.7 Å². The van der Waals surface area contributed by atoms with Crippen molar-refractivity contribution >= 4 is 5.97 Å². The zero-order valence-corrected chi connectivity index (χ0v) is 11.3. The molecule has 0 aromatic heterocycles. The number of fused-ring (bicyclic) bond motifs is 2. The van der Waals surface area contributed by atoms with Crippen LogP contribution >= 0.6 is 0 Å². The van der Waals surface area contributed by atoms with Crippen molar-refractivity contribution in [3.8, 4) is 0 Å². The Hall–Kier alpha value is -1.31. The van der Waals surface area contributed by atoms with E-state index in [4.69, 9.17) is 5.11 Å². The second kappa shape index (κ2) is 4.75. The van der Waals surface area contributed by atoms with E-state index in [1.807, 2.05) is 6.92 Å². The third-order valence-electron chi connectivity index (χ3n) is 4.67. The summed E-state index contributed by atoms with van der Waals surface area (Å²) < 4.78 is 0. The minimum absolute atomic E-state index is 0.156. The van der Waals surface area contributed by atoms with E-state index in [1.54, 1.807) is 0 Å². The number of aliphatic carboxylic acids is 1. The van der Waals surface area contributed by atoms with Gasteiger partial charge >= 0.3 is 5.97 Å². The Bertz CT molecular complexity index is 430. The van der Waals surface area contributed by atoms with Crippen molar-refractivity contribution < 1.29 is 9.90 Å². The molecular formula is C16H22O2. The van der Waals surface area contributed by atoms with Gasteiger partial charge < -0.3 is 5.11 Å². The fourth-order valence-corrected chi connectivity index (χ4v) is 3.37. The van der Waals surface area contributed by atoms with Crippen LogP contribution in [0.5, 0.6) is 0 Å². The average Bonchev–Trinajstić information content (AvgIpc) is 2.82. The van der Waals surface area contributed by atoms with Gasteiger partial charge in [0.1, 0.15) is 0 Å². The summed E-state index contributed by atoms with van der Waals surface area (Å²) in [5.41, 5.74) is 2.55. The number of carboxylic acids is 1. The summed E-state index contributed by atoms with van der Waals surface area (Å²) in [5.74, 6) is 0.481. The molecule has 0 unspecified atom stereocenters. The number of hydrogen-bond donors (Lipinski definition) is 1. The van der Waals surface area contributed by atoms with E-state index >= 15 is 0 Å². The maximum Gasteiger partial charge on any atom is 0.307 e. The first-order chi connectivity index (χ1) is 8.43. The van der Waals surface area contributed by atoms with Crippen molar-refractivity contribution in [2.75, 3.05) is 0 Å². The van der Waals surface area contributed by atoms with Crippen LogP contribution in [0.3, 0.4) is 0 Å². The van der Waals surface area contributed by atoms with E-state index in [0.29, 0.717) is 11.8 Å². The van der Waals surface area contributed by atoms with Crippen molar-refractivity contribution in [1.29, 1.82) is 0 Å². The van der Waals surface area contributed by atoms with Crippen molar-refractivity contribution in [3.05, 3.63) is 36.0 Å². The van der Waals surface area contributed by atoms with Gasteiger partial charge in [0.05, 0.1) is 6.42 Å². The molecule has 98 valence electrons. The third-order valence-corrected chi connectivity index (χ3v) is 4.67. The van der Waals surface area contributed by atoms with Gasteiger partial charge in [0.2, 0.25) is 0 Å². The van der Waals surface area contributed by atoms with Gasteiger partial charge in [-0.1, -0.05) is 42.9 Å². The quantitative estimate of drug-likeness (QED) is 0.746. The maximum absolute atomic E-state index is 10.6. The summed E-state index contributed by atoms with van der Waals surface area (Å²) in [4.78, 5) is 10.6. The largest absolute Gasteiger partial charge is 0.481 e. The van der Waals surface area contributed by atoms with Crippen molar-refractivity contribution in [2.45, 2.75) is 39.5 Å². The summed E-state index contributed by atoms with van der Waals surface area (Å²) in [6.45, 7) is 8.47. The van der Waals surface area contributed by atoms with Crippen LogP contribution in [0.1, 0.15) is 39.5 Å². The number of hydrogen-bond acceptors (Lipinski definition) is 1. The number of carboxylic acid groups (broad SMARTS) is 1. The Morgan fingerprint density at radius 3 is 2.89 bits per heavy atom. The lowest BCUT2D eigenvalue weighted by atomic mass is 9.71. The molecule has 1 N–H and O–H groups in total. The fraction of sp³-hybridized carbons (Fsp3) is 0.562. The molecule has 2 aliphatic carbocycles. The molecule has 2 heteroatoms. The van der Waals surface area contributed by atoms with Crippen LogP contribution in [-0.4, -0.2) is 11.1 Å². The van der Waals surface area contributed by atoms with Gasteiger partial charge in [-0.05, 0) is 43.4 Å². The van der Waals surface area contributed by atoms with E-state index in [9.17, 15) is 4.79 Å². The molecule has 0 heterocycles. The van der Waals surface area contributed by atoms with Crippen LogP contribution in [0.4, 0.5) is 0 Å². The number of rotatable bonds is 5. The molecule has 0 saturated heterocycles. The number of carbonyl (C=O) groups is 1. The molecule has 3 atom stereocenters. The molecule has 2 aliphatic rings. The summed E-state index contributed by atoms with van der Waals surface area (Å²) in [5, 5.41) is 8.71. The van der Waals surface area contributed by atoms with Crippen LogP contribution < -0.4 is 0 Å². The zero-order valence-electron chi connectivity index (χ0n) is 11.3. The van der Waals surface area contributed by atoms with Crippen LogP contribution in [0.2, 0.25) is 0 Å². The Kier molecular flexibility index (Phi) is 3.47. The lowest BCUT2D eigenvalue weighted by Crippen LogP contribution is -2.23. The summed E-state index contributed by atoms with van der Waals surface area (Å²) in [7, 11) is 0. The smallest absolute Gasteiger partial charge is 0.307 e. The zero-order chi connectivity index (χ0) is 13.3. The highest BCUT2D eigenvalue weighted by molar-refractivity contribution is 5.69. The van der Waals surface area contributed by atoms with Gasteiger partial charge in [-0.2, -0.15) is 0 Å². The molecule has 0 radical (unpaired) electrons. The van der Waals surface area contributed by atoms with Crippen LogP contribution in [0.15, 0.2) is 36.0 Å². The highest BCUT2D eigenvalue weighted by atomic mass is 16.4. The Morgan fingerprint density at radius 1 is 1.61 bits per heavy atom. The van der Waals surface area contributed by atoms with Gasteiger partial charge in [0.15, 0.2) is 0 Å². The Morgan fingerprint density at radius 2 is 2.33 bits per heavy atom. The first kappa shape index (κ1) is 13.1. The first-order valence-corrected chi connectivity index (χ1v) is 6.68. The molecule has 2 rings (SSSR count). The molecule has 2 nitrogen and oxygen atoms in total. The molecule has 0 aromatic rings. The van der Waals surface area contributed by atoms with E-state index in [-0.39, 0.29) is 11.8 Å². The van der Waals surface area contributed by atoms with E-state index in [0.717, 1.165) is 18.4 Å². The molecular weight excluding hydrogens is 224 g/mol. The van der Waals surface area contributed by atoms with Gasteiger partial charge in [0.25, 0.3) is 0 Å². The molecule has 18 heavy (non-hydrogen) atoms. The summed E-state index contributed by atoms with van der Waals surface area (Å²) in [6.07, 6.45) is 10.1. The third kappa shape index (κ3) is 2.29. The topological polar surface area (TPSA) is 37.3 Å². The lowest BCUT2D eigenvalue weighted by molar-refractivity contribution is -0.136. The van der Waals surface area contributed by atoms with Gasteiger partial charge in [-0.3, -0.25) is 4.79 Å². The van der Waals surface area contributed by atoms with Crippen molar-refractivity contribution in [3.63, 3.8) is 0 Å². The summed E-state index contributed by atoms with van der Waals surface area (Å²) in [6, 6.07) is 0. The highest BCUT2D eigenvalue weighted by Gasteiger charge is 2.47. The van der Waals surface area contributed by atoms with Crippen molar-refractivity contribution in [2.24, 2.45) is 17.3 Å². The SMILES string of the molecule is C=C1[C@@H]2C=C[C@@H](C2)[C@@]1(C)CC/C=C(/C)CC(=O)O. The van der Waals surface area contributed by atoms with Crippen LogP contribution in [0.25, 0.3) is 0 Å². The predicted molar refractivity (Wildman–Crippen MR) is 73.2 cm³/mol. The lowest BCUT2D eigenvalue weighted by Gasteiger charge is -2.33. The minimum atomic E-state index is -0.748. The summed E-state index contributed by atoms with van der Waals surface area (Å²) >= 11 is 0. The van der Waals surface area contributed by atoms with E-state index in [1.165, 1.54) is 12.0 Å². The highest BCUT2D eigenvalue weighted by Crippen LogP contribution is 2.57. The van der Waals surface area contributed by atoms with Gasteiger partial charge in [-0.25, -0.2) is 0 Å². The number of allylic oxidation sites excluding steroid dienone is 4. The van der Waals surface area contributed by atoms with Gasteiger partial charge in [0, 0.05) is 0 Å². The standard InChI is InChI=1S/C16H22O2/c1-11(9-15(17)18)5-4-8-16(3)12(2)13-6-7-14(16)10-13/h5-7,13-14H,2,4,8-10H2,1,3H3,(H,17,18)/b11-5-/t13-,14+,16+/m1/s1.